The molecule has 2 rings (SSSR count). The van der Waals surface area contributed by atoms with Gasteiger partial charge in [0.2, 0.25) is 5.91 Å². The first-order valence-corrected chi connectivity index (χ1v) is 7.11. The molecule has 20 heavy (non-hydrogen) atoms. The number of amides is 1. The summed E-state index contributed by atoms with van der Waals surface area (Å²) in [6.07, 6.45) is 1.89. The molecule has 0 aliphatic carbocycles. The molecule has 0 radical (unpaired) electrons. The van der Waals surface area contributed by atoms with Gasteiger partial charge >= 0.3 is 0 Å². The van der Waals surface area contributed by atoms with Crippen molar-refractivity contribution in [3.05, 3.63) is 40.4 Å². The molecule has 0 N–H and O–H groups in total. The topological polar surface area (TPSA) is 29.5 Å². The minimum Gasteiger partial charge on any atom is -0.377 e. The van der Waals surface area contributed by atoms with E-state index >= 15 is 0 Å². The van der Waals surface area contributed by atoms with Crippen LogP contribution < -0.4 is 0 Å². The second-order valence-electron chi connectivity index (χ2n) is 5.70. The number of ether oxygens (including phenoxy) is 1. The van der Waals surface area contributed by atoms with Gasteiger partial charge in [0.15, 0.2) is 0 Å². The molecule has 1 amide bonds. The summed E-state index contributed by atoms with van der Waals surface area (Å²) in [5.41, 5.74) is 1.44. The van der Waals surface area contributed by atoms with Crippen LogP contribution >= 0.6 is 11.6 Å². The quantitative estimate of drug-likeness (QED) is 0.782. The van der Waals surface area contributed by atoms with Crippen LogP contribution in [-0.2, 0) is 9.53 Å². The summed E-state index contributed by atoms with van der Waals surface area (Å²) in [7, 11) is 0. The summed E-state index contributed by atoms with van der Waals surface area (Å²) in [6, 6.07) is 7.46. The molecule has 1 fully saturated rings. The van der Waals surface area contributed by atoms with E-state index in [4.69, 9.17) is 16.3 Å². The molecule has 1 heterocycles. The molecule has 1 aromatic rings. The number of hydrogen-bond acceptors (Lipinski definition) is 2. The molecule has 4 heteroatoms. The van der Waals surface area contributed by atoms with E-state index in [1.54, 1.807) is 0 Å². The smallest absolute Gasteiger partial charge is 0.250 e. The van der Waals surface area contributed by atoms with Gasteiger partial charge < -0.3 is 9.64 Å². The van der Waals surface area contributed by atoms with Crippen LogP contribution in [0.25, 0.3) is 6.08 Å². The number of carbonyl (C=O) groups is 1. The van der Waals surface area contributed by atoms with Crippen LogP contribution in [0.15, 0.2) is 29.8 Å². The monoisotopic (exact) mass is 293 g/mol. The lowest BCUT2D eigenvalue weighted by Crippen LogP contribution is -2.55. The Morgan fingerprint density at radius 2 is 2.00 bits per heavy atom. The molecule has 1 aromatic carbocycles. The van der Waals surface area contributed by atoms with E-state index in [1.807, 2.05) is 56.0 Å². The predicted octanol–water partition coefficient (Wildman–Crippen LogP) is 3.38. The van der Waals surface area contributed by atoms with Gasteiger partial charge in [-0.3, -0.25) is 4.79 Å². The molecule has 0 saturated carbocycles. The Bertz CT molecular complexity index is 520. The zero-order valence-corrected chi connectivity index (χ0v) is 12.9. The number of rotatable bonds is 2. The van der Waals surface area contributed by atoms with Crippen molar-refractivity contribution in [1.29, 1.82) is 0 Å². The van der Waals surface area contributed by atoms with Gasteiger partial charge in [-0.2, -0.15) is 0 Å². The molecule has 3 nitrogen and oxygen atoms in total. The first kappa shape index (κ1) is 15.1. The molecule has 108 valence electrons. The van der Waals surface area contributed by atoms with Gasteiger partial charge in [0.25, 0.3) is 0 Å². The van der Waals surface area contributed by atoms with Gasteiger partial charge in [-0.15, -0.1) is 0 Å². The SMILES string of the molecule is C/C(=C\c1ccc(Cl)cc1)C(=O)N1CCOCC1(C)C. The highest BCUT2D eigenvalue weighted by molar-refractivity contribution is 6.30. The normalized spacial score (nSPS) is 19.0. The molecular formula is C16H20ClNO2. The van der Waals surface area contributed by atoms with Crippen molar-refractivity contribution >= 4 is 23.6 Å². The fourth-order valence-electron chi connectivity index (χ4n) is 2.32. The summed E-state index contributed by atoms with van der Waals surface area (Å²) in [4.78, 5) is 14.4. The van der Waals surface area contributed by atoms with Gasteiger partial charge in [-0.25, -0.2) is 0 Å². The average molecular weight is 294 g/mol. The number of benzene rings is 1. The minimum absolute atomic E-state index is 0.0632. The Hall–Kier alpha value is -1.32. The average Bonchev–Trinajstić information content (AvgIpc) is 2.40. The number of carbonyl (C=O) groups excluding carboxylic acids is 1. The standard InChI is InChI=1S/C16H20ClNO2/c1-12(10-13-4-6-14(17)7-5-13)15(19)18-8-9-20-11-16(18,2)3/h4-7,10H,8-9,11H2,1-3H3/b12-10+. The maximum absolute atomic E-state index is 12.6. The van der Waals surface area contributed by atoms with Gasteiger partial charge in [0.1, 0.15) is 0 Å². The van der Waals surface area contributed by atoms with E-state index < -0.39 is 0 Å². The first-order valence-electron chi connectivity index (χ1n) is 6.74. The van der Waals surface area contributed by atoms with E-state index in [9.17, 15) is 4.79 Å². The molecule has 0 aromatic heterocycles. The van der Waals surface area contributed by atoms with E-state index in [1.165, 1.54) is 0 Å². The molecule has 0 spiro atoms. The van der Waals surface area contributed by atoms with Crippen LogP contribution in [0, 0.1) is 0 Å². The van der Waals surface area contributed by atoms with Crippen molar-refractivity contribution in [3.8, 4) is 0 Å². The molecule has 0 atom stereocenters. The van der Waals surface area contributed by atoms with Crippen LogP contribution in [0.4, 0.5) is 0 Å². The lowest BCUT2D eigenvalue weighted by Gasteiger charge is -2.42. The Morgan fingerprint density at radius 3 is 2.60 bits per heavy atom. The summed E-state index contributed by atoms with van der Waals surface area (Å²) >= 11 is 5.86. The first-order chi connectivity index (χ1) is 9.40. The Balaban J connectivity index is 2.17. The summed E-state index contributed by atoms with van der Waals surface area (Å²) in [5, 5.41) is 0.695. The van der Waals surface area contributed by atoms with Crippen LogP contribution in [0.5, 0.6) is 0 Å². The minimum atomic E-state index is -0.259. The highest BCUT2D eigenvalue weighted by Gasteiger charge is 2.34. The third-order valence-electron chi connectivity index (χ3n) is 3.48. The van der Waals surface area contributed by atoms with Crippen molar-refractivity contribution in [2.24, 2.45) is 0 Å². The number of morpholine rings is 1. The second kappa shape index (κ2) is 5.98. The van der Waals surface area contributed by atoms with Gasteiger partial charge in [-0.1, -0.05) is 23.7 Å². The number of hydrogen-bond donors (Lipinski definition) is 0. The molecule has 0 unspecified atom stereocenters. The van der Waals surface area contributed by atoms with Crippen molar-refractivity contribution < 1.29 is 9.53 Å². The largest absolute Gasteiger partial charge is 0.377 e. The van der Waals surface area contributed by atoms with Crippen molar-refractivity contribution in [1.82, 2.24) is 4.90 Å². The summed E-state index contributed by atoms with van der Waals surface area (Å²) in [6.45, 7) is 7.72. The zero-order chi connectivity index (χ0) is 14.8. The van der Waals surface area contributed by atoms with E-state index in [0.717, 1.165) is 11.1 Å². The van der Waals surface area contributed by atoms with Crippen LogP contribution in [0.1, 0.15) is 26.3 Å². The fraction of sp³-hybridized carbons (Fsp3) is 0.438. The Kier molecular flexibility index (Phi) is 4.51. The zero-order valence-electron chi connectivity index (χ0n) is 12.1. The molecule has 1 aliphatic rings. The third kappa shape index (κ3) is 3.41. The van der Waals surface area contributed by atoms with E-state index in [0.29, 0.717) is 24.8 Å². The van der Waals surface area contributed by atoms with Crippen LogP contribution in [0.3, 0.4) is 0 Å². The molecule has 0 bridgehead atoms. The highest BCUT2D eigenvalue weighted by Crippen LogP contribution is 2.22. The lowest BCUT2D eigenvalue weighted by atomic mass is 10.0. The van der Waals surface area contributed by atoms with Gasteiger partial charge in [-0.05, 0) is 44.5 Å². The Morgan fingerprint density at radius 1 is 1.35 bits per heavy atom. The van der Waals surface area contributed by atoms with Crippen molar-refractivity contribution in [2.75, 3.05) is 19.8 Å². The highest BCUT2D eigenvalue weighted by atomic mass is 35.5. The predicted molar refractivity (Wildman–Crippen MR) is 81.7 cm³/mol. The van der Waals surface area contributed by atoms with Crippen molar-refractivity contribution in [3.63, 3.8) is 0 Å². The fourth-order valence-corrected chi connectivity index (χ4v) is 2.44. The lowest BCUT2D eigenvalue weighted by molar-refractivity contribution is -0.141. The summed E-state index contributed by atoms with van der Waals surface area (Å²) < 4.78 is 5.45. The molecular weight excluding hydrogens is 274 g/mol. The second-order valence-corrected chi connectivity index (χ2v) is 6.14. The van der Waals surface area contributed by atoms with Crippen molar-refractivity contribution in [2.45, 2.75) is 26.3 Å². The van der Waals surface area contributed by atoms with Gasteiger partial charge in [0.05, 0.1) is 18.8 Å². The maximum Gasteiger partial charge on any atom is 0.250 e. The third-order valence-corrected chi connectivity index (χ3v) is 3.73. The number of halogens is 1. The number of nitrogens with zero attached hydrogens (tertiary/aromatic N) is 1. The molecule has 1 saturated heterocycles. The van der Waals surface area contributed by atoms with E-state index in [2.05, 4.69) is 0 Å². The van der Waals surface area contributed by atoms with Crippen LogP contribution in [-0.4, -0.2) is 36.1 Å². The molecule has 1 aliphatic heterocycles. The maximum atomic E-state index is 12.6. The summed E-state index contributed by atoms with van der Waals surface area (Å²) in [5.74, 6) is 0.0632. The van der Waals surface area contributed by atoms with E-state index in [-0.39, 0.29) is 11.4 Å². The Labute approximate surface area is 125 Å². The van der Waals surface area contributed by atoms with Gasteiger partial charge in [0, 0.05) is 17.1 Å². The van der Waals surface area contributed by atoms with Crippen LogP contribution in [0.2, 0.25) is 5.02 Å².